The van der Waals surface area contributed by atoms with E-state index in [0.717, 1.165) is 12.0 Å². The Kier molecular flexibility index (Phi) is 6.48. The van der Waals surface area contributed by atoms with Gasteiger partial charge in [0.1, 0.15) is 12.7 Å². The van der Waals surface area contributed by atoms with Crippen LogP contribution < -0.4 is 10.6 Å². The number of nitrogens with zero attached hydrogens (tertiary/aromatic N) is 3. The van der Waals surface area contributed by atoms with E-state index in [4.69, 9.17) is 0 Å². The van der Waals surface area contributed by atoms with Gasteiger partial charge in [-0.05, 0) is 31.0 Å². The van der Waals surface area contributed by atoms with Gasteiger partial charge in [0, 0.05) is 24.6 Å². The summed E-state index contributed by atoms with van der Waals surface area (Å²) in [5, 5.41) is 9.73. The van der Waals surface area contributed by atoms with Crippen LogP contribution in [0.5, 0.6) is 0 Å². The normalized spacial score (nSPS) is 11.8. The van der Waals surface area contributed by atoms with Gasteiger partial charge in [0.05, 0.1) is 6.54 Å². The van der Waals surface area contributed by atoms with Crippen molar-refractivity contribution in [2.45, 2.75) is 45.8 Å². The third-order valence-corrected chi connectivity index (χ3v) is 3.70. The first-order valence-electron chi connectivity index (χ1n) is 8.07. The van der Waals surface area contributed by atoms with Crippen molar-refractivity contribution in [1.29, 1.82) is 0 Å². The minimum absolute atomic E-state index is 0.0695. The second-order valence-corrected chi connectivity index (χ2v) is 5.67. The van der Waals surface area contributed by atoms with Crippen LogP contribution in [-0.2, 0) is 17.9 Å². The summed E-state index contributed by atoms with van der Waals surface area (Å²) in [6.45, 7) is 4.87. The van der Waals surface area contributed by atoms with Crippen LogP contribution >= 0.6 is 0 Å². The maximum Gasteiger partial charge on any atom is 0.251 e. The molecular weight excluding hydrogens is 306 g/mol. The lowest BCUT2D eigenvalue weighted by Crippen LogP contribution is -2.32. The summed E-state index contributed by atoms with van der Waals surface area (Å²) in [7, 11) is 0. The van der Waals surface area contributed by atoms with Gasteiger partial charge in [-0.3, -0.25) is 14.3 Å². The summed E-state index contributed by atoms with van der Waals surface area (Å²) in [5.74, 6) is -0.163. The monoisotopic (exact) mass is 329 g/mol. The summed E-state index contributed by atoms with van der Waals surface area (Å²) >= 11 is 0. The Morgan fingerprint density at radius 2 is 2.17 bits per heavy atom. The highest BCUT2D eigenvalue weighted by atomic mass is 16.2. The van der Waals surface area contributed by atoms with Crippen molar-refractivity contribution in [3.8, 4) is 0 Å². The van der Waals surface area contributed by atoms with Crippen LogP contribution in [0.1, 0.15) is 42.6 Å². The zero-order valence-corrected chi connectivity index (χ0v) is 14.0. The summed E-state index contributed by atoms with van der Waals surface area (Å²) in [4.78, 5) is 27.8. The number of rotatable bonds is 8. The molecule has 2 aromatic rings. The van der Waals surface area contributed by atoms with Gasteiger partial charge in [-0.2, -0.15) is 5.10 Å². The number of aromatic nitrogens is 3. The van der Waals surface area contributed by atoms with Crippen molar-refractivity contribution >= 4 is 11.8 Å². The van der Waals surface area contributed by atoms with Crippen molar-refractivity contribution in [3.05, 3.63) is 48.0 Å². The third kappa shape index (κ3) is 5.49. The van der Waals surface area contributed by atoms with Gasteiger partial charge < -0.3 is 10.6 Å². The summed E-state index contributed by atoms with van der Waals surface area (Å²) in [5.41, 5.74) is 1.49. The highest BCUT2D eigenvalue weighted by molar-refractivity contribution is 5.94. The first-order valence-corrected chi connectivity index (χ1v) is 8.07. The molecule has 0 bridgehead atoms. The quantitative estimate of drug-likeness (QED) is 0.768. The van der Waals surface area contributed by atoms with Gasteiger partial charge in [-0.25, -0.2) is 4.98 Å². The summed E-state index contributed by atoms with van der Waals surface area (Å²) < 4.78 is 1.61. The lowest BCUT2D eigenvalue weighted by Gasteiger charge is -2.12. The average molecular weight is 329 g/mol. The van der Waals surface area contributed by atoms with E-state index in [9.17, 15) is 9.59 Å². The van der Waals surface area contributed by atoms with Crippen molar-refractivity contribution in [1.82, 2.24) is 25.4 Å². The minimum atomic E-state index is -0.0938. The van der Waals surface area contributed by atoms with E-state index in [-0.39, 0.29) is 17.9 Å². The summed E-state index contributed by atoms with van der Waals surface area (Å²) in [6, 6.07) is 7.42. The molecule has 1 aromatic heterocycles. The van der Waals surface area contributed by atoms with E-state index in [1.54, 1.807) is 23.1 Å². The van der Waals surface area contributed by atoms with Crippen molar-refractivity contribution < 1.29 is 9.59 Å². The van der Waals surface area contributed by atoms with E-state index in [1.807, 2.05) is 26.0 Å². The lowest BCUT2D eigenvalue weighted by atomic mass is 10.1. The molecular formula is C17H23N5O2. The zero-order valence-electron chi connectivity index (χ0n) is 14.0. The van der Waals surface area contributed by atoms with E-state index in [1.165, 1.54) is 6.33 Å². The fourth-order valence-electron chi connectivity index (χ4n) is 2.09. The molecule has 2 N–H and O–H groups in total. The Balaban J connectivity index is 1.83. The average Bonchev–Trinajstić information content (AvgIpc) is 3.11. The summed E-state index contributed by atoms with van der Waals surface area (Å²) in [6.07, 6.45) is 4.23. The van der Waals surface area contributed by atoms with Gasteiger partial charge in [0.15, 0.2) is 0 Å². The molecule has 2 amide bonds. The Hall–Kier alpha value is -2.70. The zero-order chi connectivity index (χ0) is 17.4. The first-order chi connectivity index (χ1) is 11.6. The predicted octanol–water partition coefficient (Wildman–Crippen LogP) is 1.51. The van der Waals surface area contributed by atoms with Crippen LogP contribution in [0.4, 0.5) is 0 Å². The van der Waals surface area contributed by atoms with Crippen LogP contribution in [0.2, 0.25) is 0 Å². The van der Waals surface area contributed by atoms with Crippen LogP contribution in [0.15, 0.2) is 36.9 Å². The number of carbonyl (C=O) groups is 2. The standard InChI is InChI=1S/C17H23N5O2/c1-3-13(2)21-17(24)15-6-4-5-14(9-15)10-19-16(23)7-8-22-12-18-11-20-22/h4-6,9,11-13H,3,7-8,10H2,1-2H3,(H,19,23)(H,21,24)/t13-/m1/s1. The number of nitrogens with one attached hydrogen (secondary N) is 2. The van der Waals surface area contributed by atoms with Crippen LogP contribution in [0.3, 0.4) is 0 Å². The lowest BCUT2D eigenvalue weighted by molar-refractivity contribution is -0.121. The number of carbonyl (C=O) groups excluding carboxylic acids is 2. The maximum absolute atomic E-state index is 12.1. The number of hydrogen-bond donors (Lipinski definition) is 2. The second kappa shape index (κ2) is 8.81. The van der Waals surface area contributed by atoms with Gasteiger partial charge in [-0.15, -0.1) is 0 Å². The molecule has 128 valence electrons. The maximum atomic E-state index is 12.1. The molecule has 1 aromatic carbocycles. The molecule has 7 nitrogen and oxygen atoms in total. The minimum Gasteiger partial charge on any atom is -0.352 e. The van der Waals surface area contributed by atoms with Gasteiger partial charge in [0.2, 0.25) is 5.91 Å². The van der Waals surface area contributed by atoms with E-state index in [2.05, 4.69) is 20.7 Å². The number of benzene rings is 1. The van der Waals surface area contributed by atoms with Crippen LogP contribution in [0, 0.1) is 0 Å². The molecule has 0 aliphatic rings. The molecule has 0 aliphatic heterocycles. The highest BCUT2D eigenvalue weighted by Gasteiger charge is 2.09. The SMILES string of the molecule is CC[C@@H](C)NC(=O)c1cccc(CNC(=O)CCn2cncn2)c1. The molecule has 0 unspecified atom stereocenters. The molecule has 0 radical (unpaired) electrons. The molecule has 7 heteroatoms. The fourth-order valence-corrected chi connectivity index (χ4v) is 2.09. The van der Waals surface area contributed by atoms with E-state index < -0.39 is 0 Å². The Morgan fingerprint density at radius 3 is 2.88 bits per heavy atom. The third-order valence-electron chi connectivity index (χ3n) is 3.70. The Bertz CT molecular complexity index is 669. The predicted molar refractivity (Wildman–Crippen MR) is 90.1 cm³/mol. The number of amides is 2. The van der Waals surface area contributed by atoms with Crippen molar-refractivity contribution in [3.63, 3.8) is 0 Å². The number of hydrogen-bond acceptors (Lipinski definition) is 4. The van der Waals surface area contributed by atoms with Gasteiger partial charge >= 0.3 is 0 Å². The van der Waals surface area contributed by atoms with Gasteiger partial charge in [-0.1, -0.05) is 19.1 Å². The van der Waals surface area contributed by atoms with E-state index in [0.29, 0.717) is 25.1 Å². The van der Waals surface area contributed by atoms with Crippen LogP contribution in [0.25, 0.3) is 0 Å². The Morgan fingerprint density at radius 1 is 1.33 bits per heavy atom. The topological polar surface area (TPSA) is 88.9 Å². The van der Waals surface area contributed by atoms with Crippen molar-refractivity contribution in [2.24, 2.45) is 0 Å². The molecule has 1 heterocycles. The molecule has 2 rings (SSSR count). The Labute approximate surface area is 141 Å². The highest BCUT2D eigenvalue weighted by Crippen LogP contribution is 2.06. The van der Waals surface area contributed by atoms with Gasteiger partial charge in [0.25, 0.3) is 5.91 Å². The number of aryl methyl sites for hydroxylation is 1. The molecule has 0 saturated heterocycles. The fraction of sp³-hybridized carbons (Fsp3) is 0.412. The van der Waals surface area contributed by atoms with E-state index >= 15 is 0 Å². The molecule has 0 spiro atoms. The molecule has 0 aliphatic carbocycles. The molecule has 1 atom stereocenters. The smallest absolute Gasteiger partial charge is 0.251 e. The van der Waals surface area contributed by atoms with Crippen LogP contribution in [-0.4, -0.2) is 32.6 Å². The molecule has 0 fully saturated rings. The second-order valence-electron chi connectivity index (χ2n) is 5.67. The molecule has 24 heavy (non-hydrogen) atoms. The largest absolute Gasteiger partial charge is 0.352 e. The molecule has 0 saturated carbocycles. The first kappa shape index (κ1) is 17.7. The van der Waals surface area contributed by atoms with Crippen molar-refractivity contribution in [2.75, 3.05) is 0 Å².